The Kier molecular flexibility index (Phi) is 6.92. The molecule has 0 aromatic heterocycles. The molecular weight excluding hydrogens is 350 g/mol. The lowest BCUT2D eigenvalue weighted by atomic mass is 10.0. The zero-order valence-corrected chi connectivity index (χ0v) is 12.9. The second-order valence-corrected chi connectivity index (χ2v) is 4.93. The molecule has 1 aromatic rings. The number of hydrogen-bond acceptors (Lipinski definition) is 2. The minimum Gasteiger partial charge on any atom is -0.327 e. The van der Waals surface area contributed by atoms with Gasteiger partial charge in [-0.15, -0.1) is 12.4 Å². The minimum absolute atomic E-state index is 0. The zero-order chi connectivity index (χ0) is 17.3. The van der Waals surface area contributed by atoms with Gasteiger partial charge in [-0.3, -0.25) is 4.79 Å². The normalized spacial score (nSPS) is 14.7. The predicted molar refractivity (Wildman–Crippen MR) is 75.1 cm³/mol. The lowest BCUT2D eigenvalue weighted by Crippen LogP contribution is -2.34. The van der Waals surface area contributed by atoms with E-state index in [0.717, 1.165) is 0 Å². The smallest absolute Gasteiger partial charge is 0.327 e. The Labute approximate surface area is 134 Å². The molecule has 132 valence electrons. The molecule has 0 bridgehead atoms. The van der Waals surface area contributed by atoms with Crippen LogP contribution in [0.15, 0.2) is 18.2 Å². The number of rotatable bonds is 3. The molecule has 1 rings (SSSR count). The number of carbonyl (C=O) groups excluding carboxylic acids is 1. The summed E-state index contributed by atoms with van der Waals surface area (Å²) in [5, 5.41) is 2.03. The maximum atomic E-state index is 12.7. The van der Waals surface area contributed by atoms with Gasteiger partial charge in [0, 0.05) is 11.7 Å². The Bertz CT molecular complexity index is 524. The molecule has 1 amide bonds. The molecule has 1 aromatic carbocycles. The van der Waals surface area contributed by atoms with Gasteiger partial charge in [0.15, 0.2) is 0 Å². The van der Waals surface area contributed by atoms with Crippen LogP contribution in [0.1, 0.15) is 25.0 Å². The lowest BCUT2D eigenvalue weighted by Gasteiger charge is -2.18. The van der Waals surface area contributed by atoms with Gasteiger partial charge in [-0.2, -0.15) is 26.3 Å². The highest BCUT2D eigenvalue weighted by Gasteiger charge is 2.37. The van der Waals surface area contributed by atoms with Gasteiger partial charge in [-0.05, 0) is 25.1 Å². The fourth-order valence-electron chi connectivity index (χ4n) is 1.52. The number of nitrogens with one attached hydrogen (secondary N) is 1. The van der Waals surface area contributed by atoms with Gasteiger partial charge in [0.2, 0.25) is 5.91 Å². The highest BCUT2D eigenvalue weighted by Crippen LogP contribution is 2.37. The summed E-state index contributed by atoms with van der Waals surface area (Å²) in [5.41, 5.74) is 1.90. The van der Waals surface area contributed by atoms with Gasteiger partial charge >= 0.3 is 12.4 Å². The fourth-order valence-corrected chi connectivity index (χ4v) is 1.52. The third kappa shape index (κ3) is 5.91. The maximum Gasteiger partial charge on any atom is 0.416 e. The van der Waals surface area contributed by atoms with Crippen molar-refractivity contribution in [3.05, 3.63) is 29.3 Å². The van der Waals surface area contributed by atoms with Crippen LogP contribution in [0.25, 0.3) is 0 Å². The molecule has 10 heteroatoms. The lowest BCUT2D eigenvalue weighted by molar-refractivity contribution is -0.143. The van der Waals surface area contributed by atoms with Crippen molar-refractivity contribution >= 4 is 24.0 Å². The van der Waals surface area contributed by atoms with Gasteiger partial charge in [0.05, 0.1) is 17.0 Å². The molecule has 2 atom stereocenters. The van der Waals surface area contributed by atoms with Crippen molar-refractivity contribution in [3.63, 3.8) is 0 Å². The van der Waals surface area contributed by atoms with Crippen LogP contribution in [0, 0.1) is 5.92 Å². The van der Waals surface area contributed by atoms with E-state index in [1.807, 2.05) is 5.32 Å². The standard InChI is InChI=1S/C13H14F6N2O.ClH/c1-6(7(2)20)11(22)21-10-4-8(12(14,15)16)3-9(5-10)13(17,18)19;/h3-7H,20H2,1-2H3,(H,21,22);1H. The molecule has 3 N–H and O–H groups in total. The first-order chi connectivity index (χ1) is 9.82. The summed E-state index contributed by atoms with van der Waals surface area (Å²) >= 11 is 0. The molecule has 0 heterocycles. The Morgan fingerprint density at radius 1 is 1.00 bits per heavy atom. The van der Waals surface area contributed by atoms with E-state index in [1.165, 1.54) is 13.8 Å². The van der Waals surface area contributed by atoms with Crippen molar-refractivity contribution in [2.24, 2.45) is 11.7 Å². The first-order valence-corrected chi connectivity index (χ1v) is 6.18. The maximum absolute atomic E-state index is 12.7. The average molecular weight is 365 g/mol. The van der Waals surface area contributed by atoms with E-state index in [-0.39, 0.29) is 18.5 Å². The van der Waals surface area contributed by atoms with Gasteiger partial charge in [-0.25, -0.2) is 0 Å². The fraction of sp³-hybridized carbons (Fsp3) is 0.462. The Hall–Kier alpha value is -1.48. The summed E-state index contributed by atoms with van der Waals surface area (Å²) in [5.74, 6) is -1.54. The van der Waals surface area contributed by atoms with Crippen LogP contribution in [0.5, 0.6) is 0 Å². The van der Waals surface area contributed by atoms with E-state index in [4.69, 9.17) is 5.73 Å². The number of nitrogens with two attached hydrogens (primary N) is 1. The van der Waals surface area contributed by atoms with E-state index in [1.54, 1.807) is 0 Å². The summed E-state index contributed by atoms with van der Waals surface area (Å²) in [7, 11) is 0. The highest BCUT2D eigenvalue weighted by atomic mass is 35.5. The number of anilines is 1. The first kappa shape index (κ1) is 21.5. The topological polar surface area (TPSA) is 55.1 Å². The molecule has 2 unspecified atom stereocenters. The van der Waals surface area contributed by atoms with Crippen LogP contribution in [-0.4, -0.2) is 11.9 Å². The second-order valence-electron chi connectivity index (χ2n) is 4.93. The van der Waals surface area contributed by atoms with Crippen molar-refractivity contribution in [1.29, 1.82) is 0 Å². The van der Waals surface area contributed by atoms with Crippen LogP contribution >= 0.6 is 12.4 Å². The highest BCUT2D eigenvalue weighted by molar-refractivity contribution is 5.93. The number of hydrogen-bond donors (Lipinski definition) is 2. The summed E-state index contributed by atoms with van der Waals surface area (Å²) in [6.45, 7) is 2.91. The van der Waals surface area contributed by atoms with Crippen LogP contribution in [0.2, 0.25) is 0 Å². The summed E-state index contributed by atoms with van der Waals surface area (Å²) in [6, 6.07) is 0.278. The van der Waals surface area contributed by atoms with E-state index in [9.17, 15) is 31.1 Å². The van der Waals surface area contributed by atoms with Crippen LogP contribution in [0.3, 0.4) is 0 Å². The van der Waals surface area contributed by atoms with Crippen LogP contribution in [0.4, 0.5) is 32.0 Å². The Morgan fingerprint density at radius 3 is 1.70 bits per heavy atom. The van der Waals surface area contributed by atoms with Crippen molar-refractivity contribution in [2.45, 2.75) is 32.2 Å². The van der Waals surface area contributed by atoms with Gasteiger partial charge in [-0.1, -0.05) is 6.92 Å². The molecule has 0 saturated carbocycles. The Balaban J connectivity index is 0.00000484. The van der Waals surface area contributed by atoms with E-state index in [0.29, 0.717) is 12.1 Å². The van der Waals surface area contributed by atoms with E-state index < -0.39 is 47.0 Å². The number of halogens is 7. The molecular formula is C13H15ClF6N2O. The van der Waals surface area contributed by atoms with Crippen LogP contribution < -0.4 is 11.1 Å². The molecule has 3 nitrogen and oxygen atoms in total. The second kappa shape index (κ2) is 7.39. The number of amides is 1. The van der Waals surface area contributed by atoms with E-state index in [2.05, 4.69) is 0 Å². The molecule has 0 radical (unpaired) electrons. The average Bonchev–Trinajstić information content (AvgIpc) is 2.35. The molecule has 0 aliphatic carbocycles. The number of benzene rings is 1. The largest absolute Gasteiger partial charge is 0.416 e. The van der Waals surface area contributed by atoms with Crippen molar-refractivity contribution in [3.8, 4) is 0 Å². The summed E-state index contributed by atoms with van der Waals surface area (Å²) in [4.78, 5) is 11.7. The van der Waals surface area contributed by atoms with Crippen molar-refractivity contribution in [1.82, 2.24) is 0 Å². The first-order valence-electron chi connectivity index (χ1n) is 6.18. The van der Waals surface area contributed by atoms with Gasteiger partial charge in [0.25, 0.3) is 0 Å². The number of alkyl halides is 6. The SMILES string of the molecule is CC(N)C(C)C(=O)Nc1cc(C(F)(F)F)cc(C(F)(F)F)c1.Cl. The monoisotopic (exact) mass is 364 g/mol. The van der Waals surface area contributed by atoms with Gasteiger partial charge in [0.1, 0.15) is 0 Å². The quantitative estimate of drug-likeness (QED) is 0.794. The predicted octanol–water partition coefficient (Wildman–Crippen LogP) is 4.07. The molecule has 0 aliphatic rings. The molecule has 23 heavy (non-hydrogen) atoms. The molecule has 0 fully saturated rings. The van der Waals surface area contributed by atoms with Crippen molar-refractivity contribution < 1.29 is 31.1 Å². The summed E-state index contributed by atoms with van der Waals surface area (Å²) in [6.07, 6.45) is -9.93. The summed E-state index contributed by atoms with van der Waals surface area (Å²) < 4.78 is 76.0. The zero-order valence-electron chi connectivity index (χ0n) is 12.0. The van der Waals surface area contributed by atoms with Crippen molar-refractivity contribution in [2.75, 3.05) is 5.32 Å². The van der Waals surface area contributed by atoms with E-state index >= 15 is 0 Å². The molecule has 0 spiro atoms. The van der Waals surface area contributed by atoms with Crippen LogP contribution in [-0.2, 0) is 17.1 Å². The number of carbonyl (C=O) groups is 1. The minimum atomic E-state index is -4.96. The third-order valence-electron chi connectivity index (χ3n) is 3.06. The van der Waals surface area contributed by atoms with Gasteiger partial charge < -0.3 is 11.1 Å². The third-order valence-corrected chi connectivity index (χ3v) is 3.06. The molecule has 0 aliphatic heterocycles. The Morgan fingerprint density at radius 2 is 1.39 bits per heavy atom. The molecule has 0 saturated heterocycles.